The van der Waals surface area contributed by atoms with Gasteiger partial charge in [-0.15, -0.1) is 0 Å². The average Bonchev–Trinajstić information content (AvgIpc) is 2.42. The molecule has 0 radical (unpaired) electrons. The molecule has 0 spiro atoms. The second kappa shape index (κ2) is 4.97. The third-order valence-electron chi connectivity index (χ3n) is 4.32. The number of aryl methyl sites for hydroxylation is 2. The molecule has 1 atom stereocenters. The summed E-state index contributed by atoms with van der Waals surface area (Å²) >= 11 is 0. The summed E-state index contributed by atoms with van der Waals surface area (Å²) in [6.07, 6.45) is 4.82. The lowest BCUT2D eigenvalue weighted by Crippen LogP contribution is -2.39. The number of hydrogen-bond donors (Lipinski definition) is 1. The number of carbonyl (C=O) groups excluding carboxylic acids is 1. The van der Waals surface area contributed by atoms with E-state index in [1.807, 2.05) is 4.90 Å². The van der Waals surface area contributed by atoms with Gasteiger partial charge in [0.25, 0.3) is 0 Å². The van der Waals surface area contributed by atoms with Crippen molar-refractivity contribution in [2.45, 2.75) is 39.0 Å². The molecule has 1 aromatic rings. The minimum absolute atomic E-state index is 0.302. The normalized spacial score (nSPS) is 19.3. The number of amides is 1. The van der Waals surface area contributed by atoms with Gasteiger partial charge in [-0.3, -0.25) is 4.79 Å². The Morgan fingerprint density at radius 2 is 2.00 bits per heavy atom. The zero-order valence-electron chi connectivity index (χ0n) is 11.6. The summed E-state index contributed by atoms with van der Waals surface area (Å²) in [5.74, 6) is 0.826. The Hall–Kier alpha value is -1.35. The summed E-state index contributed by atoms with van der Waals surface area (Å²) in [7, 11) is 0. The minimum atomic E-state index is 0.302. The van der Waals surface area contributed by atoms with E-state index in [9.17, 15) is 4.79 Å². The van der Waals surface area contributed by atoms with Gasteiger partial charge in [-0.1, -0.05) is 19.1 Å². The summed E-state index contributed by atoms with van der Waals surface area (Å²) in [5.41, 5.74) is 11.1. The first kappa shape index (κ1) is 12.7. The van der Waals surface area contributed by atoms with Crippen molar-refractivity contribution in [3.63, 3.8) is 0 Å². The molecule has 3 rings (SSSR count). The number of anilines is 1. The van der Waals surface area contributed by atoms with E-state index >= 15 is 0 Å². The van der Waals surface area contributed by atoms with Gasteiger partial charge >= 0.3 is 0 Å². The van der Waals surface area contributed by atoms with Crippen molar-refractivity contribution in [1.29, 1.82) is 0 Å². The maximum absolute atomic E-state index is 12.0. The highest BCUT2D eigenvalue weighted by Crippen LogP contribution is 2.36. The highest BCUT2D eigenvalue weighted by molar-refractivity contribution is 5.97. The van der Waals surface area contributed by atoms with E-state index in [2.05, 4.69) is 19.1 Å². The molecule has 0 aliphatic carbocycles. The Bertz CT molecular complexity index is 492. The first-order valence-electron chi connectivity index (χ1n) is 7.34. The molecule has 0 saturated heterocycles. The van der Waals surface area contributed by atoms with E-state index in [0.29, 0.717) is 18.2 Å². The molecule has 1 amide bonds. The van der Waals surface area contributed by atoms with Crippen LogP contribution in [-0.4, -0.2) is 19.0 Å². The topological polar surface area (TPSA) is 46.3 Å². The van der Waals surface area contributed by atoms with Crippen molar-refractivity contribution >= 4 is 11.6 Å². The fourth-order valence-electron chi connectivity index (χ4n) is 3.33. The van der Waals surface area contributed by atoms with Crippen LogP contribution in [0.1, 0.15) is 36.5 Å². The van der Waals surface area contributed by atoms with Crippen LogP contribution >= 0.6 is 0 Å². The van der Waals surface area contributed by atoms with E-state index < -0.39 is 0 Å². The van der Waals surface area contributed by atoms with E-state index in [4.69, 9.17) is 5.73 Å². The smallest absolute Gasteiger partial charge is 0.227 e. The molecule has 3 heteroatoms. The largest absolute Gasteiger partial charge is 0.330 e. The van der Waals surface area contributed by atoms with Crippen molar-refractivity contribution in [2.24, 2.45) is 11.7 Å². The lowest BCUT2D eigenvalue weighted by Gasteiger charge is -2.35. The molecular formula is C16H22N2O. The molecule has 0 bridgehead atoms. The Morgan fingerprint density at radius 3 is 2.74 bits per heavy atom. The summed E-state index contributed by atoms with van der Waals surface area (Å²) in [4.78, 5) is 14.0. The number of nitrogens with zero attached hydrogens (tertiary/aromatic N) is 1. The molecule has 2 N–H and O–H groups in total. The van der Waals surface area contributed by atoms with Crippen LogP contribution in [0.25, 0.3) is 0 Å². The first-order valence-corrected chi connectivity index (χ1v) is 7.34. The number of nitrogens with two attached hydrogens (primary N) is 1. The SMILES string of the molecule is CC(CN)Cc1cc2c3c(c1)CCC(=O)N3CCC2. The number of benzene rings is 1. The molecule has 102 valence electrons. The molecular weight excluding hydrogens is 236 g/mol. The maximum atomic E-state index is 12.0. The summed E-state index contributed by atoms with van der Waals surface area (Å²) in [5, 5.41) is 0. The molecule has 1 unspecified atom stereocenters. The van der Waals surface area contributed by atoms with Gasteiger partial charge < -0.3 is 10.6 Å². The molecule has 2 aliphatic heterocycles. The van der Waals surface area contributed by atoms with E-state index in [1.165, 1.54) is 22.4 Å². The molecule has 0 fully saturated rings. The Morgan fingerprint density at radius 1 is 1.26 bits per heavy atom. The van der Waals surface area contributed by atoms with Gasteiger partial charge in [0.2, 0.25) is 5.91 Å². The van der Waals surface area contributed by atoms with Crippen LogP contribution in [0, 0.1) is 5.92 Å². The van der Waals surface area contributed by atoms with Crippen LogP contribution in [0.5, 0.6) is 0 Å². The number of carbonyl (C=O) groups is 1. The van der Waals surface area contributed by atoms with E-state index in [-0.39, 0.29) is 0 Å². The quantitative estimate of drug-likeness (QED) is 0.902. The number of hydrogen-bond acceptors (Lipinski definition) is 2. The zero-order valence-corrected chi connectivity index (χ0v) is 11.6. The molecule has 2 heterocycles. The minimum Gasteiger partial charge on any atom is -0.330 e. The summed E-state index contributed by atoms with van der Waals surface area (Å²) in [6, 6.07) is 4.60. The number of rotatable bonds is 3. The molecule has 2 aliphatic rings. The molecule has 0 saturated carbocycles. The van der Waals surface area contributed by atoms with Crippen LogP contribution in [0.4, 0.5) is 5.69 Å². The molecule has 0 aromatic heterocycles. The Balaban J connectivity index is 1.99. The maximum Gasteiger partial charge on any atom is 0.227 e. The highest BCUT2D eigenvalue weighted by Gasteiger charge is 2.29. The van der Waals surface area contributed by atoms with Gasteiger partial charge in [-0.25, -0.2) is 0 Å². The second-order valence-corrected chi connectivity index (χ2v) is 5.96. The highest BCUT2D eigenvalue weighted by atomic mass is 16.2. The van der Waals surface area contributed by atoms with Crippen LogP contribution in [0.15, 0.2) is 12.1 Å². The molecule has 1 aromatic carbocycles. The fraction of sp³-hybridized carbons (Fsp3) is 0.562. The third kappa shape index (κ3) is 2.27. The molecule has 19 heavy (non-hydrogen) atoms. The van der Waals surface area contributed by atoms with Crippen LogP contribution in [0.3, 0.4) is 0 Å². The Labute approximate surface area is 114 Å². The zero-order chi connectivity index (χ0) is 13.4. The lowest BCUT2D eigenvalue weighted by atomic mass is 9.88. The average molecular weight is 258 g/mol. The van der Waals surface area contributed by atoms with Gasteiger partial charge in [-0.05, 0) is 54.8 Å². The van der Waals surface area contributed by atoms with Crippen LogP contribution < -0.4 is 10.6 Å². The molecule has 3 nitrogen and oxygen atoms in total. The monoisotopic (exact) mass is 258 g/mol. The van der Waals surface area contributed by atoms with Gasteiger partial charge in [0.05, 0.1) is 5.69 Å². The van der Waals surface area contributed by atoms with Crippen molar-refractivity contribution in [1.82, 2.24) is 0 Å². The van der Waals surface area contributed by atoms with Gasteiger partial charge in [0, 0.05) is 13.0 Å². The van der Waals surface area contributed by atoms with Gasteiger partial charge in [0.1, 0.15) is 0 Å². The van der Waals surface area contributed by atoms with E-state index in [0.717, 1.165) is 38.8 Å². The lowest BCUT2D eigenvalue weighted by molar-refractivity contribution is -0.119. The summed E-state index contributed by atoms with van der Waals surface area (Å²) < 4.78 is 0. The second-order valence-electron chi connectivity index (χ2n) is 5.96. The van der Waals surface area contributed by atoms with Crippen molar-refractivity contribution in [2.75, 3.05) is 18.0 Å². The summed E-state index contributed by atoms with van der Waals surface area (Å²) in [6.45, 7) is 3.83. The van der Waals surface area contributed by atoms with E-state index in [1.54, 1.807) is 0 Å². The van der Waals surface area contributed by atoms with Crippen molar-refractivity contribution in [3.8, 4) is 0 Å². The first-order chi connectivity index (χ1) is 9.19. The predicted molar refractivity (Wildman–Crippen MR) is 77.4 cm³/mol. The van der Waals surface area contributed by atoms with Crippen LogP contribution in [-0.2, 0) is 24.1 Å². The van der Waals surface area contributed by atoms with Crippen molar-refractivity contribution in [3.05, 3.63) is 28.8 Å². The van der Waals surface area contributed by atoms with Gasteiger partial charge in [-0.2, -0.15) is 0 Å². The standard InChI is InChI=1S/C16H22N2O/c1-11(10-17)7-12-8-13-3-2-6-18-15(19)5-4-14(9-12)16(13)18/h8-9,11H,2-7,10,17H2,1H3. The fourth-order valence-corrected chi connectivity index (χ4v) is 3.33. The third-order valence-corrected chi connectivity index (χ3v) is 4.32. The Kier molecular flexibility index (Phi) is 3.31. The van der Waals surface area contributed by atoms with Crippen LogP contribution in [0.2, 0.25) is 0 Å². The van der Waals surface area contributed by atoms with Gasteiger partial charge in [0.15, 0.2) is 0 Å². The predicted octanol–water partition coefficient (Wildman–Crippen LogP) is 2.05. The van der Waals surface area contributed by atoms with Crippen molar-refractivity contribution < 1.29 is 4.79 Å².